The van der Waals surface area contributed by atoms with Crippen molar-refractivity contribution in [2.45, 2.75) is 11.1 Å². The van der Waals surface area contributed by atoms with Gasteiger partial charge in [-0.15, -0.1) is 0 Å². The predicted molar refractivity (Wildman–Crippen MR) is 59.8 cm³/mol. The lowest BCUT2D eigenvalue weighted by Gasteiger charge is -2.10. The van der Waals surface area contributed by atoms with Crippen LogP contribution in [0.15, 0.2) is 27.6 Å². The highest BCUT2D eigenvalue weighted by Gasteiger charge is 2.30. The van der Waals surface area contributed by atoms with Crippen molar-refractivity contribution >= 4 is 31.6 Å². The Kier molecular flexibility index (Phi) is 4.05. The van der Waals surface area contributed by atoms with Crippen molar-refractivity contribution in [2.75, 3.05) is 12.3 Å². The van der Waals surface area contributed by atoms with E-state index in [0.717, 1.165) is 12.1 Å². The molecule has 1 aromatic carbocycles. The number of sulfonamides is 1. The third kappa shape index (κ3) is 4.17. The highest BCUT2D eigenvalue weighted by atomic mass is 79.9. The van der Waals surface area contributed by atoms with E-state index in [1.807, 2.05) is 0 Å². The summed E-state index contributed by atoms with van der Waals surface area (Å²) in [7, 11) is -4.19. The first kappa shape index (κ1) is 14.3. The summed E-state index contributed by atoms with van der Waals surface area (Å²) in [4.78, 5) is -0.289. The summed E-state index contributed by atoms with van der Waals surface area (Å²) in [5.41, 5.74) is 5.72. The second kappa shape index (κ2) is 4.83. The summed E-state index contributed by atoms with van der Waals surface area (Å²) >= 11 is 2.99. The molecule has 17 heavy (non-hydrogen) atoms. The molecule has 1 rings (SSSR count). The van der Waals surface area contributed by atoms with E-state index in [1.165, 1.54) is 10.8 Å². The second-order valence-electron chi connectivity index (χ2n) is 3.12. The first-order chi connectivity index (χ1) is 7.62. The maximum absolute atomic E-state index is 11.9. The minimum absolute atomic E-state index is 0.289. The van der Waals surface area contributed by atoms with Crippen LogP contribution in [0, 0.1) is 0 Å². The number of benzene rings is 1. The van der Waals surface area contributed by atoms with Crippen LogP contribution in [0.5, 0.6) is 0 Å². The molecule has 9 heteroatoms. The number of nitrogens with one attached hydrogen (secondary N) is 1. The van der Waals surface area contributed by atoms with E-state index in [9.17, 15) is 21.6 Å². The third-order valence-electron chi connectivity index (χ3n) is 1.74. The van der Waals surface area contributed by atoms with Crippen molar-refractivity contribution in [3.8, 4) is 0 Å². The molecule has 0 aliphatic carbocycles. The van der Waals surface area contributed by atoms with Gasteiger partial charge in [-0.05, 0) is 34.1 Å². The summed E-state index contributed by atoms with van der Waals surface area (Å²) in [6, 6.07) is 3.54. The molecule has 0 aromatic heterocycles. The molecular formula is C8H8BrF3N2O2S. The predicted octanol–water partition coefficient (Wildman–Crippen LogP) is 1.87. The summed E-state index contributed by atoms with van der Waals surface area (Å²) in [6.07, 6.45) is -4.60. The Hall–Kier alpha value is -0.800. The number of hydrogen-bond acceptors (Lipinski definition) is 3. The zero-order chi connectivity index (χ0) is 13.3. The van der Waals surface area contributed by atoms with Crippen LogP contribution in [0.1, 0.15) is 0 Å². The number of rotatable bonds is 3. The van der Waals surface area contributed by atoms with Crippen LogP contribution < -0.4 is 10.5 Å². The highest BCUT2D eigenvalue weighted by molar-refractivity contribution is 9.10. The SMILES string of the molecule is Nc1ccc(S(=O)(=O)NCC(F)(F)F)cc1Br. The number of halogens is 4. The summed E-state index contributed by atoms with van der Waals surface area (Å²) in [5, 5.41) is 0. The molecule has 0 fully saturated rings. The van der Waals surface area contributed by atoms with Crippen molar-refractivity contribution in [1.29, 1.82) is 0 Å². The van der Waals surface area contributed by atoms with Crippen LogP contribution in [-0.4, -0.2) is 21.1 Å². The van der Waals surface area contributed by atoms with Crippen molar-refractivity contribution in [3.05, 3.63) is 22.7 Å². The van der Waals surface area contributed by atoms with E-state index in [0.29, 0.717) is 10.2 Å². The van der Waals surface area contributed by atoms with Gasteiger partial charge in [0.05, 0.1) is 4.90 Å². The highest BCUT2D eigenvalue weighted by Crippen LogP contribution is 2.23. The Labute approximate surface area is 104 Å². The van der Waals surface area contributed by atoms with E-state index >= 15 is 0 Å². The van der Waals surface area contributed by atoms with Crippen molar-refractivity contribution < 1.29 is 21.6 Å². The lowest BCUT2D eigenvalue weighted by Crippen LogP contribution is -2.33. The molecule has 4 nitrogen and oxygen atoms in total. The van der Waals surface area contributed by atoms with E-state index in [4.69, 9.17) is 5.73 Å². The molecule has 0 spiro atoms. The molecular weight excluding hydrogens is 325 g/mol. The topological polar surface area (TPSA) is 72.2 Å². The molecule has 0 bridgehead atoms. The Bertz CT molecular complexity index is 516. The van der Waals surface area contributed by atoms with Crippen LogP contribution in [-0.2, 0) is 10.0 Å². The van der Waals surface area contributed by atoms with Crippen molar-refractivity contribution in [3.63, 3.8) is 0 Å². The Morgan fingerprint density at radius 3 is 2.41 bits per heavy atom. The van der Waals surface area contributed by atoms with Gasteiger partial charge >= 0.3 is 6.18 Å². The lowest BCUT2D eigenvalue weighted by molar-refractivity contribution is -0.121. The van der Waals surface area contributed by atoms with E-state index in [1.54, 1.807) is 0 Å². The molecule has 0 aliphatic heterocycles. The summed E-state index contributed by atoms with van der Waals surface area (Å²) in [5.74, 6) is 0. The van der Waals surface area contributed by atoms with Gasteiger partial charge in [0.15, 0.2) is 0 Å². The zero-order valence-electron chi connectivity index (χ0n) is 8.25. The molecule has 0 saturated heterocycles. The largest absolute Gasteiger partial charge is 0.402 e. The maximum atomic E-state index is 11.9. The lowest BCUT2D eigenvalue weighted by atomic mass is 10.3. The maximum Gasteiger partial charge on any atom is 0.402 e. The van der Waals surface area contributed by atoms with Gasteiger partial charge in [0.2, 0.25) is 10.0 Å². The average Bonchev–Trinajstić information content (AvgIpc) is 2.18. The Morgan fingerprint density at radius 1 is 1.35 bits per heavy atom. The molecule has 0 heterocycles. The van der Waals surface area contributed by atoms with Crippen LogP contribution in [0.3, 0.4) is 0 Å². The van der Waals surface area contributed by atoms with E-state index in [2.05, 4.69) is 15.9 Å². The normalized spacial score (nSPS) is 12.7. The first-order valence-corrected chi connectivity index (χ1v) is 6.51. The number of anilines is 1. The molecule has 0 saturated carbocycles. The molecule has 0 unspecified atom stereocenters. The minimum Gasteiger partial charge on any atom is -0.398 e. The molecule has 0 atom stereocenters. The van der Waals surface area contributed by atoms with Gasteiger partial charge in [0, 0.05) is 10.2 Å². The number of nitrogen functional groups attached to an aromatic ring is 1. The molecule has 3 N–H and O–H groups in total. The van der Waals surface area contributed by atoms with Gasteiger partial charge in [-0.3, -0.25) is 0 Å². The van der Waals surface area contributed by atoms with Crippen LogP contribution in [0.4, 0.5) is 18.9 Å². The van der Waals surface area contributed by atoms with Gasteiger partial charge in [0.1, 0.15) is 6.54 Å². The van der Waals surface area contributed by atoms with Gasteiger partial charge < -0.3 is 5.73 Å². The Balaban J connectivity index is 2.94. The first-order valence-electron chi connectivity index (χ1n) is 4.23. The zero-order valence-corrected chi connectivity index (χ0v) is 10.7. The van der Waals surface area contributed by atoms with Gasteiger partial charge in [-0.2, -0.15) is 13.2 Å². The molecule has 0 aliphatic rings. The van der Waals surface area contributed by atoms with Crippen molar-refractivity contribution in [1.82, 2.24) is 4.72 Å². The minimum atomic E-state index is -4.60. The fourth-order valence-electron chi connectivity index (χ4n) is 0.935. The summed E-state index contributed by atoms with van der Waals surface area (Å²) in [6.45, 7) is -1.61. The van der Waals surface area contributed by atoms with Crippen LogP contribution in [0.25, 0.3) is 0 Å². The fourth-order valence-corrected chi connectivity index (χ4v) is 2.51. The summed E-state index contributed by atoms with van der Waals surface area (Å²) < 4.78 is 60.4. The number of alkyl halides is 3. The molecule has 96 valence electrons. The quantitative estimate of drug-likeness (QED) is 0.830. The number of hydrogen-bond donors (Lipinski definition) is 2. The van der Waals surface area contributed by atoms with Crippen molar-refractivity contribution in [2.24, 2.45) is 0 Å². The second-order valence-corrected chi connectivity index (χ2v) is 5.74. The van der Waals surface area contributed by atoms with Crippen LogP contribution in [0.2, 0.25) is 0 Å². The monoisotopic (exact) mass is 332 g/mol. The van der Waals surface area contributed by atoms with Gasteiger partial charge in [0.25, 0.3) is 0 Å². The average molecular weight is 333 g/mol. The molecule has 0 radical (unpaired) electrons. The van der Waals surface area contributed by atoms with E-state index in [-0.39, 0.29) is 4.90 Å². The smallest absolute Gasteiger partial charge is 0.398 e. The molecule has 0 amide bonds. The third-order valence-corrected chi connectivity index (χ3v) is 3.83. The van der Waals surface area contributed by atoms with Gasteiger partial charge in [-0.1, -0.05) is 0 Å². The number of nitrogens with two attached hydrogens (primary N) is 1. The van der Waals surface area contributed by atoms with E-state index < -0.39 is 22.7 Å². The Morgan fingerprint density at radius 2 is 1.94 bits per heavy atom. The fraction of sp³-hybridized carbons (Fsp3) is 0.250. The van der Waals surface area contributed by atoms with Gasteiger partial charge in [-0.25, -0.2) is 13.1 Å². The van der Waals surface area contributed by atoms with Crippen LogP contribution >= 0.6 is 15.9 Å². The standard InChI is InChI=1S/C8H8BrF3N2O2S/c9-6-3-5(1-2-7(6)13)17(15,16)14-4-8(10,11)12/h1-3,14H,4,13H2. The molecule has 1 aromatic rings.